The van der Waals surface area contributed by atoms with Crippen LogP contribution in [0.4, 0.5) is 4.79 Å². The first-order valence-electron chi connectivity index (χ1n) is 8.96. The third-order valence-electron chi connectivity index (χ3n) is 5.52. The number of piperidine rings is 1. The van der Waals surface area contributed by atoms with Crippen LogP contribution >= 0.6 is 11.3 Å². The van der Waals surface area contributed by atoms with E-state index in [0.717, 1.165) is 49.6 Å². The predicted octanol–water partition coefficient (Wildman–Crippen LogP) is 2.93. The zero-order valence-corrected chi connectivity index (χ0v) is 14.9. The highest BCUT2D eigenvalue weighted by Crippen LogP contribution is 2.33. The minimum atomic E-state index is -0.195. The summed E-state index contributed by atoms with van der Waals surface area (Å²) in [7, 11) is 0. The molecule has 2 aliphatic heterocycles. The molecule has 3 aliphatic rings. The molecule has 1 aromatic rings. The molecule has 3 heterocycles. The van der Waals surface area contributed by atoms with Gasteiger partial charge in [0.2, 0.25) is 0 Å². The quantitative estimate of drug-likeness (QED) is 0.826. The van der Waals surface area contributed by atoms with Crippen molar-refractivity contribution in [2.24, 2.45) is 5.92 Å². The zero-order valence-electron chi connectivity index (χ0n) is 14.1. The summed E-state index contributed by atoms with van der Waals surface area (Å²) in [5, 5.41) is 0. The van der Waals surface area contributed by atoms with Gasteiger partial charge in [-0.3, -0.25) is 4.79 Å². The Bertz CT molecular complexity index is 649. The number of nitrogens with zero attached hydrogens (tertiary/aromatic N) is 2. The van der Waals surface area contributed by atoms with E-state index in [4.69, 9.17) is 4.74 Å². The van der Waals surface area contributed by atoms with E-state index in [1.807, 2.05) is 9.80 Å². The van der Waals surface area contributed by atoms with E-state index in [9.17, 15) is 9.59 Å². The van der Waals surface area contributed by atoms with Crippen LogP contribution in [-0.4, -0.2) is 54.1 Å². The standard InChI is InChI=1S/C18H24N2O3S/c1-12-2-3-15-13(10-12)11-16(24-15)17(21)19-6-4-14(5-7-19)20-8-9-23-18(20)22/h11-12,14H,2-10H2,1H3/t12-/m0/s1. The smallest absolute Gasteiger partial charge is 0.410 e. The van der Waals surface area contributed by atoms with Crippen molar-refractivity contribution in [1.82, 2.24) is 9.80 Å². The van der Waals surface area contributed by atoms with Crippen LogP contribution in [0.3, 0.4) is 0 Å². The maximum absolute atomic E-state index is 12.8. The first kappa shape index (κ1) is 15.9. The van der Waals surface area contributed by atoms with E-state index in [1.54, 1.807) is 11.3 Å². The summed E-state index contributed by atoms with van der Waals surface area (Å²) >= 11 is 1.69. The lowest BCUT2D eigenvalue weighted by atomic mass is 9.90. The van der Waals surface area contributed by atoms with Gasteiger partial charge >= 0.3 is 6.09 Å². The van der Waals surface area contributed by atoms with Crippen molar-refractivity contribution in [1.29, 1.82) is 0 Å². The Morgan fingerprint density at radius 2 is 2.04 bits per heavy atom. The molecule has 1 aromatic heterocycles. The number of ether oxygens (including phenoxy) is 1. The number of fused-ring (bicyclic) bond motifs is 1. The highest BCUT2D eigenvalue weighted by Gasteiger charge is 2.34. The highest BCUT2D eigenvalue weighted by atomic mass is 32.1. The molecule has 0 spiro atoms. The number of amides is 2. The summed E-state index contributed by atoms with van der Waals surface area (Å²) in [5.74, 6) is 0.899. The first-order valence-corrected chi connectivity index (χ1v) is 9.77. The number of likely N-dealkylation sites (tertiary alicyclic amines) is 1. The molecule has 2 saturated heterocycles. The summed E-state index contributed by atoms with van der Waals surface area (Å²) in [6.07, 6.45) is 4.97. The van der Waals surface area contributed by atoms with E-state index in [1.165, 1.54) is 16.9 Å². The number of thiophene rings is 1. The minimum Gasteiger partial charge on any atom is -0.448 e. The van der Waals surface area contributed by atoms with E-state index < -0.39 is 0 Å². The van der Waals surface area contributed by atoms with E-state index in [-0.39, 0.29) is 18.0 Å². The van der Waals surface area contributed by atoms with Gasteiger partial charge in [0, 0.05) is 24.0 Å². The van der Waals surface area contributed by atoms with Crippen LogP contribution in [0.15, 0.2) is 6.07 Å². The fraction of sp³-hybridized carbons (Fsp3) is 0.667. The van der Waals surface area contributed by atoms with Gasteiger partial charge in [0.25, 0.3) is 5.91 Å². The van der Waals surface area contributed by atoms with Gasteiger partial charge < -0.3 is 14.5 Å². The molecule has 0 N–H and O–H groups in total. The lowest BCUT2D eigenvalue weighted by molar-refractivity contribution is 0.0663. The van der Waals surface area contributed by atoms with Crippen molar-refractivity contribution < 1.29 is 14.3 Å². The van der Waals surface area contributed by atoms with Gasteiger partial charge in [0.15, 0.2) is 0 Å². The SMILES string of the molecule is C[C@H]1CCc2sc(C(=O)N3CCC(N4CCOC4=O)CC3)cc2C1. The number of cyclic esters (lactones) is 1. The van der Waals surface area contributed by atoms with Gasteiger partial charge in [-0.05, 0) is 49.7 Å². The molecule has 0 saturated carbocycles. The van der Waals surface area contributed by atoms with Gasteiger partial charge in [-0.25, -0.2) is 4.79 Å². The molecule has 24 heavy (non-hydrogen) atoms. The topological polar surface area (TPSA) is 49.9 Å². The number of carbonyl (C=O) groups is 2. The van der Waals surface area contributed by atoms with Crippen LogP contribution in [0.5, 0.6) is 0 Å². The number of rotatable bonds is 2. The second-order valence-electron chi connectivity index (χ2n) is 7.24. The van der Waals surface area contributed by atoms with E-state index in [0.29, 0.717) is 13.2 Å². The first-order chi connectivity index (χ1) is 11.6. The Labute approximate surface area is 146 Å². The van der Waals surface area contributed by atoms with Crippen LogP contribution in [0.1, 0.15) is 46.3 Å². The third-order valence-corrected chi connectivity index (χ3v) is 6.75. The number of hydrogen-bond donors (Lipinski definition) is 0. The Morgan fingerprint density at radius 3 is 2.75 bits per heavy atom. The van der Waals surface area contributed by atoms with Crippen molar-refractivity contribution in [3.05, 3.63) is 21.4 Å². The van der Waals surface area contributed by atoms with Gasteiger partial charge in [-0.1, -0.05) is 6.92 Å². The molecule has 2 amide bonds. The molecule has 0 radical (unpaired) electrons. The summed E-state index contributed by atoms with van der Waals surface area (Å²) in [6, 6.07) is 2.35. The molecule has 0 bridgehead atoms. The Balaban J connectivity index is 1.39. The summed E-state index contributed by atoms with van der Waals surface area (Å²) < 4.78 is 5.03. The number of carbonyl (C=O) groups excluding carboxylic acids is 2. The average Bonchev–Trinajstić information content (AvgIpc) is 3.20. The molecule has 1 aliphatic carbocycles. The van der Waals surface area contributed by atoms with E-state index >= 15 is 0 Å². The fourth-order valence-corrected chi connectivity index (χ4v) is 5.26. The highest BCUT2D eigenvalue weighted by molar-refractivity contribution is 7.14. The van der Waals surface area contributed by atoms with Crippen LogP contribution in [-0.2, 0) is 17.6 Å². The summed E-state index contributed by atoms with van der Waals surface area (Å²) in [4.78, 5) is 30.6. The number of hydrogen-bond acceptors (Lipinski definition) is 4. The monoisotopic (exact) mass is 348 g/mol. The third kappa shape index (κ3) is 2.92. The largest absolute Gasteiger partial charge is 0.448 e. The molecule has 6 heteroatoms. The minimum absolute atomic E-state index is 0.171. The van der Waals surface area contributed by atoms with Gasteiger partial charge in [-0.2, -0.15) is 0 Å². The number of aryl methyl sites for hydroxylation is 1. The van der Waals surface area contributed by atoms with Gasteiger partial charge in [0.1, 0.15) is 6.61 Å². The van der Waals surface area contributed by atoms with Crippen LogP contribution in [0.2, 0.25) is 0 Å². The molecule has 5 nitrogen and oxygen atoms in total. The second kappa shape index (κ2) is 6.39. The molecule has 0 aromatic carbocycles. The van der Waals surface area contributed by atoms with Crippen LogP contribution < -0.4 is 0 Å². The van der Waals surface area contributed by atoms with Crippen molar-refractivity contribution in [3.8, 4) is 0 Å². The van der Waals surface area contributed by atoms with Crippen molar-refractivity contribution in [3.63, 3.8) is 0 Å². The molecular weight excluding hydrogens is 324 g/mol. The van der Waals surface area contributed by atoms with Crippen molar-refractivity contribution in [2.75, 3.05) is 26.2 Å². The van der Waals surface area contributed by atoms with Crippen LogP contribution in [0.25, 0.3) is 0 Å². The average molecular weight is 348 g/mol. The maximum atomic E-state index is 12.8. The molecule has 130 valence electrons. The Hall–Kier alpha value is -1.56. The van der Waals surface area contributed by atoms with Gasteiger partial charge in [-0.15, -0.1) is 11.3 Å². The zero-order chi connectivity index (χ0) is 16.7. The lowest BCUT2D eigenvalue weighted by Gasteiger charge is -2.35. The summed E-state index contributed by atoms with van der Waals surface area (Å²) in [6.45, 7) is 4.93. The maximum Gasteiger partial charge on any atom is 0.410 e. The van der Waals surface area contributed by atoms with Crippen molar-refractivity contribution in [2.45, 2.75) is 45.1 Å². The predicted molar refractivity (Wildman–Crippen MR) is 92.5 cm³/mol. The van der Waals surface area contributed by atoms with Gasteiger partial charge in [0.05, 0.1) is 11.4 Å². The Morgan fingerprint density at radius 1 is 1.25 bits per heavy atom. The van der Waals surface area contributed by atoms with Crippen molar-refractivity contribution >= 4 is 23.3 Å². The molecule has 0 unspecified atom stereocenters. The molecule has 4 rings (SSSR count). The van der Waals surface area contributed by atoms with Crippen LogP contribution in [0, 0.1) is 5.92 Å². The Kier molecular flexibility index (Phi) is 4.24. The molecule has 2 fully saturated rings. The van der Waals surface area contributed by atoms with E-state index in [2.05, 4.69) is 13.0 Å². The summed E-state index contributed by atoms with van der Waals surface area (Å²) in [5.41, 5.74) is 1.39. The normalized spacial score (nSPS) is 24.9. The second-order valence-corrected chi connectivity index (χ2v) is 8.37. The molecular formula is C18H24N2O3S. The lowest BCUT2D eigenvalue weighted by Crippen LogP contribution is -2.47. The fourth-order valence-electron chi connectivity index (χ4n) is 4.08. The molecule has 1 atom stereocenters.